The molecule has 0 aliphatic rings. The molecule has 0 saturated heterocycles. The first kappa shape index (κ1) is 8.68. The molecule has 0 bridgehead atoms. The van der Waals surface area contributed by atoms with Crippen LogP contribution in [0.5, 0.6) is 0 Å². The molecule has 0 radical (unpaired) electrons. The Hall–Kier alpha value is -1.32. The fourth-order valence-corrected chi connectivity index (χ4v) is 0.256. The van der Waals surface area contributed by atoms with Gasteiger partial charge in [0.05, 0.1) is 0 Å². The smallest absolute Gasteiger partial charge is 0.344 e. The van der Waals surface area contributed by atoms with E-state index in [0.717, 1.165) is 0 Å². The van der Waals surface area contributed by atoms with Crippen LogP contribution in [-0.2, 0) is 0 Å². The maximum absolute atomic E-state index is 10.7. The topological polar surface area (TPSA) is 58.7 Å². The van der Waals surface area contributed by atoms with Crippen molar-refractivity contribution in [1.82, 2.24) is 4.90 Å². The highest BCUT2D eigenvalue weighted by atomic mass is 16.2. The van der Waals surface area contributed by atoms with Crippen molar-refractivity contribution in [2.24, 2.45) is 10.7 Å². The van der Waals surface area contributed by atoms with Crippen molar-refractivity contribution in [1.29, 1.82) is 0 Å². The molecule has 0 atom stereocenters. The summed E-state index contributed by atoms with van der Waals surface area (Å²) in [6, 6.07) is -0.377. The minimum absolute atomic E-state index is 0.138. The summed E-state index contributed by atoms with van der Waals surface area (Å²) in [5, 5.41) is 0. The van der Waals surface area contributed by atoms with E-state index >= 15 is 0 Å². The summed E-state index contributed by atoms with van der Waals surface area (Å²) < 4.78 is 0. The van der Waals surface area contributed by atoms with Crippen molar-refractivity contribution >= 4 is 11.9 Å². The van der Waals surface area contributed by atoms with Crippen LogP contribution in [0.15, 0.2) is 17.6 Å². The van der Waals surface area contributed by atoms with E-state index in [0.29, 0.717) is 0 Å². The van der Waals surface area contributed by atoms with Crippen LogP contribution in [0, 0.1) is 0 Å². The van der Waals surface area contributed by atoms with E-state index in [1.165, 1.54) is 11.0 Å². The van der Waals surface area contributed by atoms with E-state index in [2.05, 4.69) is 11.6 Å². The largest absolute Gasteiger partial charge is 0.384 e. The molecule has 0 aromatic heterocycles. The van der Waals surface area contributed by atoms with Crippen LogP contribution >= 0.6 is 0 Å². The highest BCUT2D eigenvalue weighted by Crippen LogP contribution is 1.83. The van der Waals surface area contributed by atoms with E-state index in [1.807, 2.05) is 0 Å². The van der Waals surface area contributed by atoms with Crippen LogP contribution in [0.25, 0.3) is 0 Å². The van der Waals surface area contributed by atoms with Gasteiger partial charge in [0, 0.05) is 14.1 Å². The molecular formula is C6H11N3O. The van der Waals surface area contributed by atoms with E-state index in [-0.39, 0.29) is 11.9 Å². The number of nitrogens with zero attached hydrogens (tertiary/aromatic N) is 2. The van der Waals surface area contributed by atoms with E-state index in [9.17, 15) is 4.79 Å². The Morgan fingerprint density at radius 3 is 2.50 bits per heavy atom. The van der Waals surface area contributed by atoms with Gasteiger partial charge in [-0.25, -0.2) is 4.79 Å². The van der Waals surface area contributed by atoms with Crippen molar-refractivity contribution in [3.05, 3.63) is 12.7 Å². The SMILES string of the molecule is C=C/C(N)=N\C(=O)N(C)C. The molecule has 2 amide bonds. The lowest BCUT2D eigenvalue weighted by molar-refractivity contribution is 0.227. The van der Waals surface area contributed by atoms with Crippen LogP contribution in [0.2, 0.25) is 0 Å². The quantitative estimate of drug-likeness (QED) is 0.419. The Bertz CT molecular complexity index is 172. The van der Waals surface area contributed by atoms with Gasteiger partial charge in [-0.2, -0.15) is 4.99 Å². The summed E-state index contributed by atoms with van der Waals surface area (Å²) in [7, 11) is 3.20. The van der Waals surface area contributed by atoms with Gasteiger partial charge in [-0.1, -0.05) is 6.58 Å². The molecule has 0 unspecified atom stereocenters. The number of aliphatic imine (C=N–C) groups is 1. The lowest BCUT2D eigenvalue weighted by Gasteiger charge is -2.04. The molecule has 10 heavy (non-hydrogen) atoms. The maximum atomic E-state index is 10.7. The Kier molecular flexibility index (Phi) is 3.17. The lowest BCUT2D eigenvalue weighted by atomic mass is 10.6. The fourth-order valence-electron chi connectivity index (χ4n) is 0.256. The molecule has 56 valence electrons. The van der Waals surface area contributed by atoms with Crippen molar-refractivity contribution in [2.75, 3.05) is 14.1 Å². The van der Waals surface area contributed by atoms with Crippen LogP contribution < -0.4 is 5.73 Å². The number of carbonyl (C=O) groups is 1. The van der Waals surface area contributed by atoms with Gasteiger partial charge in [0.2, 0.25) is 0 Å². The predicted octanol–water partition coefficient (Wildman–Crippen LogP) is 0.211. The molecule has 0 fully saturated rings. The first-order valence-corrected chi connectivity index (χ1v) is 2.75. The fraction of sp³-hybridized carbons (Fsp3) is 0.333. The highest BCUT2D eigenvalue weighted by Gasteiger charge is 1.98. The molecule has 4 nitrogen and oxygen atoms in total. The van der Waals surface area contributed by atoms with Crippen LogP contribution in [0.4, 0.5) is 4.79 Å². The molecule has 2 N–H and O–H groups in total. The second-order valence-corrected chi connectivity index (χ2v) is 1.92. The Balaban J connectivity index is 4.13. The molecule has 0 spiro atoms. The van der Waals surface area contributed by atoms with Gasteiger partial charge >= 0.3 is 6.03 Å². The number of amides is 2. The van der Waals surface area contributed by atoms with Gasteiger partial charge in [0.15, 0.2) is 0 Å². The standard InChI is InChI=1S/C6H11N3O/c1-4-5(7)8-6(10)9(2)3/h4H,1H2,2-3H3,(H2,7,8,10). The van der Waals surface area contributed by atoms with Gasteiger partial charge in [-0.05, 0) is 6.08 Å². The average Bonchev–Trinajstić information content (AvgIpc) is 1.87. The number of urea groups is 1. The number of rotatable bonds is 1. The summed E-state index contributed by atoms with van der Waals surface area (Å²) in [5.74, 6) is 0.138. The summed E-state index contributed by atoms with van der Waals surface area (Å²) in [4.78, 5) is 15.5. The number of hydrogen-bond acceptors (Lipinski definition) is 1. The molecule has 0 aliphatic carbocycles. The maximum Gasteiger partial charge on any atom is 0.344 e. The minimum Gasteiger partial charge on any atom is -0.384 e. The first-order valence-electron chi connectivity index (χ1n) is 2.75. The zero-order valence-electron chi connectivity index (χ0n) is 6.16. The second-order valence-electron chi connectivity index (χ2n) is 1.92. The summed E-state index contributed by atoms with van der Waals surface area (Å²) in [5.41, 5.74) is 5.20. The van der Waals surface area contributed by atoms with Gasteiger partial charge < -0.3 is 10.6 Å². The molecular weight excluding hydrogens is 130 g/mol. The van der Waals surface area contributed by atoms with Crippen LogP contribution in [0.3, 0.4) is 0 Å². The third-order valence-electron chi connectivity index (χ3n) is 0.816. The molecule has 0 rings (SSSR count). The molecule has 4 heteroatoms. The number of hydrogen-bond donors (Lipinski definition) is 1. The van der Waals surface area contributed by atoms with Crippen LogP contribution in [0.1, 0.15) is 0 Å². The molecule has 0 aromatic rings. The van der Waals surface area contributed by atoms with E-state index < -0.39 is 0 Å². The van der Waals surface area contributed by atoms with Crippen LogP contribution in [-0.4, -0.2) is 30.9 Å². The predicted molar refractivity (Wildman–Crippen MR) is 40.9 cm³/mol. The third kappa shape index (κ3) is 2.86. The zero-order valence-corrected chi connectivity index (χ0v) is 6.16. The Morgan fingerprint density at radius 1 is 1.70 bits per heavy atom. The van der Waals surface area contributed by atoms with Crippen molar-refractivity contribution < 1.29 is 4.79 Å². The van der Waals surface area contributed by atoms with Gasteiger partial charge in [-0.15, -0.1) is 0 Å². The Labute approximate surface area is 60.0 Å². The highest BCUT2D eigenvalue weighted by molar-refractivity contribution is 5.98. The van der Waals surface area contributed by atoms with Crippen molar-refractivity contribution in [2.45, 2.75) is 0 Å². The molecule has 0 heterocycles. The molecule has 0 saturated carbocycles. The number of amidine groups is 1. The van der Waals surface area contributed by atoms with Gasteiger partial charge in [0.1, 0.15) is 5.84 Å². The summed E-state index contributed by atoms with van der Waals surface area (Å²) in [6.07, 6.45) is 1.32. The minimum atomic E-state index is -0.377. The second kappa shape index (κ2) is 3.66. The number of carbonyl (C=O) groups excluding carboxylic acids is 1. The average molecular weight is 141 g/mol. The molecule has 0 aromatic carbocycles. The zero-order chi connectivity index (χ0) is 8.15. The summed E-state index contributed by atoms with van der Waals surface area (Å²) >= 11 is 0. The van der Waals surface area contributed by atoms with E-state index in [4.69, 9.17) is 5.73 Å². The molecule has 0 aliphatic heterocycles. The van der Waals surface area contributed by atoms with Gasteiger partial charge in [-0.3, -0.25) is 0 Å². The van der Waals surface area contributed by atoms with Gasteiger partial charge in [0.25, 0.3) is 0 Å². The lowest BCUT2D eigenvalue weighted by Crippen LogP contribution is -2.21. The van der Waals surface area contributed by atoms with E-state index in [1.54, 1.807) is 14.1 Å². The number of nitrogens with two attached hydrogens (primary N) is 1. The van der Waals surface area contributed by atoms with Crippen molar-refractivity contribution in [3.8, 4) is 0 Å². The first-order chi connectivity index (χ1) is 4.57. The summed E-state index contributed by atoms with van der Waals surface area (Å²) in [6.45, 7) is 3.35. The normalized spacial score (nSPS) is 10.8. The Morgan fingerprint density at radius 2 is 2.20 bits per heavy atom. The monoisotopic (exact) mass is 141 g/mol. The third-order valence-corrected chi connectivity index (χ3v) is 0.816. The van der Waals surface area contributed by atoms with Crippen molar-refractivity contribution in [3.63, 3.8) is 0 Å².